The maximum absolute atomic E-state index is 10.7. The van der Waals surface area contributed by atoms with Crippen LogP contribution < -0.4 is 0 Å². The summed E-state index contributed by atoms with van der Waals surface area (Å²) in [5, 5.41) is 0. The Morgan fingerprint density at radius 1 is 0.750 bits per heavy atom. The van der Waals surface area contributed by atoms with Crippen molar-refractivity contribution >= 4 is 7.81 Å². The van der Waals surface area contributed by atoms with Gasteiger partial charge in [0.25, 0.3) is 0 Å². The molecule has 0 aliphatic carbocycles. The minimum atomic E-state index is -10.7. The van der Waals surface area contributed by atoms with Gasteiger partial charge in [0.1, 0.15) is 0 Å². The Morgan fingerprint density at radius 3 is 1.46 bits per heavy atom. The average molecular weight is 383 g/mol. The third-order valence-electron chi connectivity index (χ3n) is 3.69. The molecular formula is C16H32F6NP. The fraction of sp³-hybridized carbons (Fsp3) is 0.750. The Hall–Kier alpha value is -0.550. The molecule has 0 fully saturated rings. The Bertz CT molecular complexity index is 341. The van der Waals surface area contributed by atoms with Crippen LogP contribution in [0, 0.1) is 0 Å². The van der Waals surface area contributed by atoms with Gasteiger partial charge in [0.05, 0.1) is 26.2 Å². The number of rotatable bonds is 12. The van der Waals surface area contributed by atoms with Gasteiger partial charge in [-0.05, 0) is 31.9 Å². The third kappa shape index (κ3) is 23.7. The van der Waals surface area contributed by atoms with Crippen LogP contribution in [0.4, 0.5) is 25.2 Å². The second-order valence-electron chi connectivity index (χ2n) is 6.05. The van der Waals surface area contributed by atoms with E-state index in [2.05, 4.69) is 39.2 Å². The van der Waals surface area contributed by atoms with Gasteiger partial charge < -0.3 is 4.48 Å². The van der Waals surface area contributed by atoms with Gasteiger partial charge in [-0.15, -0.1) is 0 Å². The second-order valence-corrected chi connectivity index (χ2v) is 7.97. The van der Waals surface area contributed by atoms with Crippen LogP contribution in [0.15, 0.2) is 25.3 Å². The van der Waals surface area contributed by atoms with Gasteiger partial charge in [-0.3, -0.25) is 0 Å². The van der Waals surface area contributed by atoms with Crippen LogP contribution in [-0.4, -0.2) is 30.7 Å². The van der Waals surface area contributed by atoms with E-state index in [4.69, 9.17) is 0 Å². The van der Waals surface area contributed by atoms with E-state index in [1.807, 2.05) is 0 Å². The van der Waals surface area contributed by atoms with Gasteiger partial charge in [-0.25, -0.2) is 0 Å². The zero-order valence-corrected chi connectivity index (χ0v) is 15.7. The quantitative estimate of drug-likeness (QED) is 0.105. The number of nitrogens with zero attached hydrogens (tertiary/aromatic N) is 1. The van der Waals surface area contributed by atoms with Crippen molar-refractivity contribution in [2.45, 2.75) is 52.4 Å². The monoisotopic (exact) mass is 383 g/mol. The fourth-order valence-corrected chi connectivity index (χ4v) is 2.45. The van der Waals surface area contributed by atoms with Gasteiger partial charge in [0, 0.05) is 0 Å². The summed E-state index contributed by atoms with van der Waals surface area (Å²) < 4.78 is 60.3. The van der Waals surface area contributed by atoms with Crippen molar-refractivity contribution < 1.29 is 29.7 Å². The van der Waals surface area contributed by atoms with E-state index in [0.29, 0.717) is 0 Å². The molecule has 0 heterocycles. The summed E-state index contributed by atoms with van der Waals surface area (Å²) in [6.07, 6.45) is 12.4. The number of halogens is 6. The van der Waals surface area contributed by atoms with Crippen molar-refractivity contribution in [3.63, 3.8) is 0 Å². The van der Waals surface area contributed by atoms with Crippen LogP contribution in [-0.2, 0) is 0 Å². The summed E-state index contributed by atoms with van der Waals surface area (Å²) >= 11 is 0. The molecule has 0 aromatic carbocycles. The maximum atomic E-state index is 9.87. The Kier molecular flexibility index (Phi) is 10.5. The van der Waals surface area contributed by atoms with Gasteiger partial charge in [0.15, 0.2) is 0 Å². The summed E-state index contributed by atoms with van der Waals surface area (Å²) in [5.74, 6) is 0. The molecule has 1 nitrogen and oxygen atoms in total. The normalized spacial score (nSPS) is 14.8. The van der Waals surface area contributed by atoms with E-state index in [0.717, 1.165) is 17.6 Å². The molecule has 0 aromatic rings. The van der Waals surface area contributed by atoms with Crippen LogP contribution in [0.3, 0.4) is 0 Å². The number of hydrogen-bond donors (Lipinski definition) is 0. The molecule has 0 radical (unpaired) electrons. The minimum absolute atomic E-state index is 1.08. The third-order valence-corrected chi connectivity index (χ3v) is 3.69. The zero-order chi connectivity index (χ0) is 19.4. The van der Waals surface area contributed by atoms with Crippen LogP contribution in [0.2, 0.25) is 0 Å². The Morgan fingerprint density at radius 2 is 1.12 bits per heavy atom. The van der Waals surface area contributed by atoms with E-state index in [-0.39, 0.29) is 0 Å². The molecule has 148 valence electrons. The molecule has 0 spiro atoms. The van der Waals surface area contributed by atoms with Crippen LogP contribution in [0.25, 0.3) is 0 Å². The Labute approximate surface area is 142 Å². The van der Waals surface area contributed by atoms with E-state index < -0.39 is 7.81 Å². The molecule has 0 rings (SSSR count). The first-order valence-corrected chi connectivity index (χ1v) is 10.4. The molecule has 0 aliphatic heterocycles. The first kappa shape index (κ1) is 25.7. The predicted octanol–water partition coefficient (Wildman–Crippen LogP) is 7.94. The molecule has 0 saturated heterocycles. The number of hydrogen-bond acceptors (Lipinski definition) is 0. The average Bonchev–Trinajstić information content (AvgIpc) is 2.39. The molecule has 0 aromatic heterocycles. The van der Waals surface area contributed by atoms with Gasteiger partial charge >= 0.3 is 33.0 Å². The summed E-state index contributed by atoms with van der Waals surface area (Å²) in [7, 11) is -10.7. The van der Waals surface area contributed by atoms with Crippen molar-refractivity contribution in [2.24, 2.45) is 0 Å². The summed E-state index contributed by atoms with van der Waals surface area (Å²) in [4.78, 5) is 0. The first-order valence-electron chi connectivity index (χ1n) is 8.33. The van der Waals surface area contributed by atoms with Crippen molar-refractivity contribution in [3.8, 4) is 0 Å². The van der Waals surface area contributed by atoms with E-state index >= 15 is 0 Å². The first-order chi connectivity index (χ1) is 10.7. The number of unbranched alkanes of at least 4 members (excludes halogenated alkanes) is 5. The number of likely N-dealkylation sites (N-methyl/N-ethyl adjacent to an activating group) is 1. The molecule has 24 heavy (non-hydrogen) atoms. The zero-order valence-electron chi connectivity index (χ0n) is 14.8. The molecule has 0 N–H and O–H groups in total. The molecule has 0 amide bonds. The van der Waals surface area contributed by atoms with Gasteiger partial charge in [0.2, 0.25) is 0 Å². The van der Waals surface area contributed by atoms with E-state index in [1.165, 1.54) is 51.6 Å². The number of quaternary nitrogens is 1. The summed E-state index contributed by atoms with van der Waals surface area (Å²) in [6, 6.07) is 0. The van der Waals surface area contributed by atoms with Gasteiger partial charge in [-0.1, -0.05) is 45.8 Å². The molecular weight excluding hydrogens is 351 g/mol. The van der Waals surface area contributed by atoms with E-state index in [9.17, 15) is 25.2 Å². The van der Waals surface area contributed by atoms with Crippen LogP contribution in [0.5, 0.6) is 0 Å². The Balaban J connectivity index is 0. The van der Waals surface area contributed by atoms with Crippen LogP contribution >= 0.6 is 7.81 Å². The topological polar surface area (TPSA) is 0 Å². The predicted molar refractivity (Wildman–Crippen MR) is 92.7 cm³/mol. The molecule has 0 atom stereocenters. The molecule has 0 saturated carbocycles. The fourth-order valence-electron chi connectivity index (χ4n) is 2.45. The van der Waals surface area contributed by atoms with Gasteiger partial charge in [-0.2, -0.15) is 0 Å². The van der Waals surface area contributed by atoms with Crippen LogP contribution in [0.1, 0.15) is 52.4 Å². The standard InChI is InChI=1S/C16H32N.F6P/c1-5-9-10-11-12-13-16-17(8-4,14-6-2)15-7-3;1-7(2,3,4,5)6/h6-7H,2-3,5,8-16H2,1,4H3;/q+1;-1. The van der Waals surface area contributed by atoms with E-state index in [1.54, 1.807) is 0 Å². The summed E-state index contributed by atoms with van der Waals surface area (Å²) in [5.41, 5.74) is 0. The van der Waals surface area contributed by atoms with Crippen molar-refractivity contribution in [1.29, 1.82) is 0 Å². The molecule has 0 aliphatic rings. The summed E-state index contributed by atoms with van der Waals surface area (Å²) in [6.45, 7) is 17.0. The molecule has 0 unspecified atom stereocenters. The SMILES string of the molecule is C=CC[N+](CC)(CC=C)CCCCCCCC.F[P-](F)(F)(F)(F)F. The van der Waals surface area contributed by atoms with Crippen molar-refractivity contribution in [3.05, 3.63) is 25.3 Å². The molecule has 8 heteroatoms. The second kappa shape index (κ2) is 9.81. The van der Waals surface area contributed by atoms with Crippen molar-refractivity contribution in [1.82, 2.24) is 0 Å². The van der Waals surface area contributed by atoms with Crippen molar-refractivity contribution in [2.75, 3.05) is 26.2 Å². The molecule has 0 bridgehead atoms.